The molecular weight excluding hydrogens is 286 g/mol. The molecule has 0 saturated carbocycles. The standard InChI is InChI=1S/C18H27N5/c1-22-10-4-5-14(12-22)11-17-21-16-7-3-9-20-18(16)23(17)13-15-6-2-8-19-15/h3,7,9,14-15,19H,2,4-6,8,10-13H2,1H3. The molecule has 4 heterocycles. The van der Waals surface area contributed by atoms with E-state index in [2.05, 4.69) is 32.9 Å². The Bertz CT molecular complexity index is 658. The lowest BCUT2D eigenvalue weighted by Crippen LogP contribution is -2.34. The van der Waals surface area contributed by atoms with Crippen LogP contribution in [0.4, 0.5) is 0 Å². The summed E-state index contributed by atoms with van der Waals surface area (Å²) >= 11 is 0. The van der Waals surface area contributed by atoms with E-state index in [4.69, 9.17) is 4.98 Å². The molecule has 0 radical (unpaired) electrons. The third kappa shape index (κ3) is 3.26. The summed E-state index contributed by atoms with van der Waals surface area (Å²) in [6.45, 7) is 4.58. The summed E-state index contributed by atoms with van der Waals surface area (Å²) in [5.41, 5.74) is 2.10. The van der Waals surface area contributed by atoms with Gasteiger partial charge in [-0.3, -0.25) is 0 Å². The molecule has 2 aromatic heterocycles. The number of likely N-dealkylation sites (tertiary alicyclic amines) is 1. The SMILES string of the molecule is CN1CCCC(Cc2nc3cccnc3n2CC2CCCN2)C1. The molecule has 0 bridgehead atoms. The summed E-state index contributed by atoms with van der Waals surface area (Å²) < 4.78 is 2.38. The van der Waals surface area contributed by atoms with Crippen LogP contribution in [0.5, 0.6) is 0 Å². The predicted molar refractivity (Wildman–Crippen MR) is 92.5 cm³/mol. The highest BCUT2D eigenvalue weighted by molar-refractivity contribution is 5.71. The normalized spacial score (nSPS) is 26.1. The Kier molecular flexibility index (Phi) is 4.31. The van der Waals surface area contributed by atoms with Gasteiger partial charge in [-0.25, -0.2) is 9.97 Å². The van der Waals surface area contributed by atoms with Crippen molar-refractivity contribution in [3.05, 3.63) is 24.2 Å². The Hall–Kier alpha value is -1.46. The number of hydrogen-bond acceptors (Lipinski definition) is 4. The second-order valence-corrected chi connectivity index (χ2v) is 7.25. The minimum absolute atomic E-state index is 0.571. The molecule has 2 fully saturated rings. The highest BCUT2D eigenvalue weighted by atomic mass is 15.2. The fourth-order valence-corrected chi connectivity index (χ4v) is 4.18. The first-order chi connectivity index (χ1) is 11.3. The van der Waals surface area contributed by atoms with Crippen molar-refractivity contribution in [3.8, 4) is 0 Å². The average molecular weight is 313 g/mol. The second kappa shape index (κ2) is 6.57. The van der Waals surface area contributed by atoms with Crippen molar-refractivity contribution in [1.82, 2.24) is 24.8 Å². The first-order valence-electron chi connectivity index (χ1n) is 9.01. The smallest absolute Gasteiger partial charge is 0.160 e. The Balaban J connectivity index is 1.61. The summed E-state index contributed by atoms with van der Waals surface area (Å²) in [6, 6.07) is 4.66. The second-order valence-electron chi connectivity index (χ2n) is 7.25. The van der Waals surface area contributed by atoms with Crippen LogP contribution in [-0.2, 0) is 13.0 Å². The average Bonchev–Trinajstić information content (AvgIpc) is 3.17. The molecule has 0 aromatic carbocycles. The van der Waals surface area contributed by atoms with Gasteiger partial charge in [-0.2, -0.15) is 0 Å². The van der Waals surface area contributed by atoms with Crippen LogP contribution < -0.4 is 5.32 Å². The number of piperidine rings is 1. The number of pyridine rings is 1. The number of fused-ring (bicyclic) bond motifs is 1. The Labute approximate surface area is 138 Å². The molecular formula is C18H27N5. The number of hydrogen-bond donors (Lipinski definition) is 1. The van der Waals surface area contributed by atoms with E-state index < -0.39 is 0 Å². The number of rotatable bonds is 4. The van der Waals surface area contributed by atoms with Crippen LogP contribution in [0.3, 0.4) is 0 Å². The highest BCUT2D eigenvalue weighted by Crippen LogP contribution is 2.23. The monoisotopic (exact) mass is 313 g/mol. The van der Waals surface area contributed by atoms with Gasteiger partial charge >= 0.3 is 0 Å². The Morgan fingerprint density at radius 1 is 1.30 bits per heavy atom. The molecule has 124 valence electrons. The fourth-order valence-electron chi connectivity index (χ4n) is 4.18. The van der Waals surface area contributed by atoms with Gasteiger partial charge in [0.05, 0.1) is 0 Å². The minimum Gasteiger partial charge on any atom is -0.312 e. The zero-order chi connectivity index (χ0) is 15.6. The van der Waals surface area contributed by atoms with Crippen LogP contribution >= 0.6 is 0 Å². The zero-order valence-electron chi connectivity index (χ0n) is 14.0. The molecule has 2 unspecified atom stereocenters. The predicted octanol–water partition coefficient (Wildman–Crippen LogP) is 2.07. The number of nitrogens with zero attached hydrogens (tertiary/aromatic N) is 4. The van der Waals surface area contributed by atoms with Gasteiger partial charge in [0.2, 0.25) is 0 Å². The highest BCUT2D eigenvalue weighted by Gasteiger charge is 2.23. The van der Waals surface area contributed by atoms with Gasteiger partial charge in [-0.1, -0.05) is 0 Å². The summed E-state index contributed by atoms with van der Waals surface area (Å²) in [6.07, 6.45) is 8.15. The molecule has 5 nitrogen and oxygen atoms in total. The molecule has 2 aromatic rings. The van der Waals surface area contributed by atoms with Crippen molar-refractivity contribution >= 4 is 11.2 Å². The lowest BCUT2D eigenvalue weighted by atomic mass is 9.95. The molecule has 2 atom stereocenters. The summed E-state index contributed by atoms with van der Waals surface area (Å²) in [4.78, 5) is 12.0. The van der Waals surface area contributed by atoms with Crippen molar-refractivity contribution in [2.45, 2.75) is 44.7 Å². The Morgan fingerprint density at radius 2 is 2.26 bits per heavy atom. The van der Waals surface area contributed by atoms with E-state index in [0.29, 0.717) is 6.04 Å². The van der Waals surface area contributed by atoms with Gasteiger partial charge < -0.3 is 14.8 Å². The molecule has 2 aliphatic heterocycles. The van der Waals surface area contributed by atoms with Crippen LogP contribution in [0.2, 0.25) is 0 Å². The van der Waals surface area contributed by atoms with E-state index in [1.54, 1.807) is 0 Å². The molecule has 1 N–H and O–H groups in total. The quantitative estimate of drug-likeness (QED) is 0.938. The fraction of sp³-hybridized carbons (Fsp3) is 0.667. The van der Waals surface area contributed by atoms with Crippen molar-refractivity contribution in [1.29, 1.82) is 0 Å². The third-order valence-corrected chi connectivity index (χ3v) is 5.34. The van der Waals surface area contributed by atoms with Crippen LogP contribution in [0, 0.1) is 5.92 Å². The summed E-state index contributed by atoms with van der Waals surface area (Å²) in [7, 11) is 2.24. The maximum absolute atomic E-state index is 4.93. The van der Waals surface area contributed by atoms with Crippen molar-refractivity contribution in [2.24, 2.45) is 5.92 Å². The number of imidazole rings is 1. The molecule has 2 saturated heterocycles. The van der Waals surface area contributed by atoms with Gasteiger partial charge in [-0.05, 0) is 63.9 Å². The van der Waals surface area contributed by atoms with Gasteiger partial charge in [0.25, 0.3) is 0 Å². The topological polar surface area (TPSA) is 46.0 Å². The first-order valence-corrected chi connectivity index (χ1v) is 9.01. The van der Waals surface area contributed by atoms with Gasteiger partial charge in [0.15, 0.2) is 5.65 Å². The third-order valence-electron chi connectivity index (χ3n) is 5.34. The minimum atomic E-state index is 0.571. The van der Waals surface area contributed by atoms with E-state index in [1.165, 1.54) is 44.6 Å². The first kappa shape index (κ1) is 15.1. The zero-order valence-corrected chi connectivity index (χ0v) is 14.0. The number of nitrogens with one attached hydrogen (secondary N) is 1. The van der Waals surface area contributed by atoms with E-state index in [1.807, 2.05) is 12.3 Å². The van der Waals surface area contributed by atoms with E-state index in [9.17, 15) is 0 Å². The maximum Gasteiger partial charge on any atom is 0.160 e. The molecule has 0 aliphatic carbocycles. The van der Waals surface area contributed by atoms with E-state index in [0.717, 1.165) is 36.6 Å². The number of aromatic nitrogens is 3. The lowest BCUT2D eigenvalue weighted by Gasteiger charge is -2.29. The van der Waals surface area contributed by atoms with Crippen LogP contribution in [0.1, 0.15) is 31.5 Å². The van der Waals surface area contributed by atoms with Crippen molar-refractivity contribution in [3.63, 3.8) is 0 Å². The van der Waals surface area contributed by atoms with E-state index >= 15 is 0 Å². The molecule has 23 heavy (non-hydrogen) atoms. The lowest BCUT2D eigenvalue weighted by molar-refractivity contribution is 0.206. The summed E-state index contributed by atoms with van der Waals surface area (Å²) in [5.74, 6) is 1.95. The van der Waals surface area contributed by atoms with Crippen LogP contribution in [0.25, 0.3) is 11.2 Å². The van der Waals surface area contributed by atoms with Crippen LogP contribution in [0.15, 0.2) is 18.3 Å². The van der Waals surface area contributed by atoms with Gasteiger partial charge in [0.1, 0.15) is 11.3 Å². The molecule has 2 aliphatic rings. The largest absolute Gasteiger partial charge is 0.312 e. The molecule has 5 heteroatoms. The van der Waals surface area contributed by atoms with Gasteiger partial charge in [-0.15, -0.1) is 0 Å². The molecule has 0 amide bonds. The molecule has 4 rings (SSSR count). The molecule has 0 spiro atoms. The van der Waals surface area contributed by atoms with Crippen molar-refractivity contribution < 1.29 is 0 Å². The summed E-state index contributed by atoms with van der Waals surface area (Å²) in [5, 5.41) is 3.61. The Morgan fingerprint density at radius 3 is 3.09 bits per heavy atom. The van der Waals surface area contributed by atoms with Crippen molar-refractivity contribution in [2.75, 3.05) is 26.7 Å². The van der Waals surface area contributed by atoms with Gasteiger partial charge in [0, 0.05) is 31.7 Å². The maximum atomic E-state index is 4.93. The van der Waals surface area contributed by atoms with E-state index in [-0.39, 0.29) is 0 Å². The van der Waals surface area contributed by atoms with Crippen LogP contribution in [-0.4, -0.2) is 52.2 Å².